The predicted molar refractivity (Wildman–Crippen MR) is 64.1 cm³/mol. The van der Waals surface area contributed by atoms with Crippen molar-refractivity contribution >= 4 is 10.1 Å². The van der Waals surface area contributed by atoms with Crippen LogP contribution >= 0.6 is 0 Å². The molecule has 0 aromatic heterocycles. The Kier molecular flexibility index (Phi) is 4.76. The summed E-state index contributed by atoms with van der Waals surface area (Å²) in [6, 6.07) is 0. The van der Waals surface area contributed by atoms with Crippen LogP contribution < -0.4 is 0 Å². The zero-order chi connectivity index (χ0) is 12.2. The van der Waals surface area contributed by atoms with Crippen molar-refractivity contribution in [3.8, 4) is 0 Å². The minimum Gasteiger partial charge on any atom is -0.195 e. The fourth-order valence-corrected chi connectivity index (χ4v) is 3.03. The van der Waals surface area contributed by atoms with Gasteiger partial charge in [-0.2, -0.15) is 13.1 Å². The highest BCUT2D eigenvalue weighted by molar-refractivity contribution is 7.85. The summed E-state index contributed by atoms with van der Waals surface area (Å²) in [6.45, 7) is 6.80. The molecular formula is C11H24NO3S+. The summed E-state index contributed by atoms with van der Waals surface area (Å²) < 4.78 is 28.3. The Hall–Kier alpha value is -0.130. The highest BCUT2D eigenvalue weighted by Gasteiger charge is 2.37. The van der Waals surface area contributed by atoms with Gasteiger partial charge in [0, 0.05) is 12.8 Å². The van der Waals surface area contributed by atoms with Crippen LogP contribution in [0.15, 0.2) is 0 Å². The summed E-state index contributed by atoms with van der Waals surface area (Å²) in [5.74, 6) is 0.691. The molecule has 0 unspecified atom stereocenters. The molecule has 0 saturated carbocycles. The summed E-state index contributed by atoms with van der Waals surface area (Å²) in [7, 11) is -3.36. The molecule has 5 heteroatoms. The Labute approximate surface area is 99.3 Å². The van der Waals surface area contributed by atoms with Crippen LogP contribution in [0.5, 0.6) is 0 Å². The molecule has 0 amide bonds. The van der Waals surface area contributed by atoms with E-state index in [4.69, 9.17) is 4.28 Å². The van der Waals surface area contributed by atoms with E-state index in [1.165, 1.54) is 0 Å². The van der Waals surface area contributed by atoms with Crippen molar-refractivity contribution in [3.05, 3.63) is 0 Å². The standard InChI is InChI=1S/C11H24NO3S/c1-4-5-8-12(15-16(3,13)14)9-6-11(2)7-10-12/h11H,4-10H2,1-3H3/q+1. The first kappa shape index (κ1) is 13.9. The lowest BCUT2D eigenvalue weighted by Gasteiger charge is -2.38. The van der Waals surface area contributed by atoms with E-state index in [0.717, 1.165) is 51.6 Å². The number of nitrogens with zero attached hydrogens (tertiary/aromatic N) is 1. The molecule has 16 heavy (non-hydrogen) atoms. The van der Waals surface area contributed by atoms with Crippen molar-refractivity contribution in [2.24, 2.45) is 5.92 Å². The molecule has 1 heterocycles. The summed E-state index contributed by atoms with van der Waals surface area (Å²) in [6.07, 6.45) is 5.35. The van der Waals surface area contributed by atoms with Gasteiger partial charge in [-0.1, -0.05) is 24.6 Å². The number of hydroxylamine groups is 3. The zero-order valence-electron chi connectivity index (χ0n) is 10.6. The van der Waals surface area contributed by atoms with E-state index in [2.05, 4.69) is 13.8 Å². The molecule has 1 aliphatic heterocycles. The smallest absolute Gasteiger partial charge is 0.195 e. The molecule has 1 saturated heterocycles. The van der Waals surface area contributed by atoms with Gasteiger partial charge in [0.05, 0.1) is 6.26 Å². The minimum absolute atomic E-state index is 0.316. The maximum absolute atomic E-state index is 11.3. The molecule has 1 fully saturated rings. The minimum atomic E-state index is -3.36. The van der Waals surface area contributed by atoms with Crippen LogP contribution in [0, 0.1) is 5.92 Å². The van der Waals surface area contributed by atoms with Gasteiger partial charge in [0.25, 0.3) is 0 Å². The van der Waals surface area contributed by atoms with Gasteiger partial charge in [0.2, 0.25) is 0 Å². The van der Waals surface area contributed by atoms with Gasteiger partial charge in [-0.3, -0.25) is 0 Å². The highest BCUT2D eigenvalue weighted by Crippen LogP contribution is 2.25. The lowest BCUT2D eigenvalue weighted by molar-refractivity contribution is -1.08. The Morgan fingerprint density at radius 1 is 1.31 bits per heavy atom. The molecule has 0 aromatic rings. The quantitative estimate of drug-likeness (QED) is 0.700. The predicted octanol–water partition coefficient (Wildman–Crippen LogP) is 1.92. The first-order chi connectivity index (χ1) is 7.37. The van der Waals surface area contributed by atoms with Crippen molar-refractivity contribution < 1.29 is 17.3 Å². The zero-order valence-corrected chi connectivity index (χ0v) is 11.4. The lowest BCUT2D eigenvalue weighted by atomic mass is 9.98. The van der Waals surface area contributed by atoms with Crippen LogP contribution in [-0.4, -0.2) is 39.0 Å². The average Bonchev–Trinajstić information content (AvgIpc) is 2.17. The molecule has 0 bridgehead atoms. The monoisotopic (exact) mass is 250 g/mol. The number of piperidine rings is 1. The molecule has 96 valence electrons. The van der Waals surface area contributed by atoms with Gasteiger partial charge in [-0.25, -0.2) is 0 Å². The highest BCUT2D eigenvalue weighted by atomic mass is 32.2. The number of quaternary nitrogens is 1. The molecule has 0 N–H and O–H groups in total. The number of unbranched alkanes of at least 4 members (excludes halogenated alkanes) is 1. The van der Waals surface area contributed by atoms with Gasteiger partial charge in [0.15, 0.2) is 0 Å². The van der Waals surface area contributed by atoms with E-state index in [9.17, 15) is 8.42 Å². The summed E-state index contributed by atoms with van der Waals surface area (Å²) in [4.78, 5) is 0. The molecule has 0 aromatic carbocycles. The first-order valence-corrected chi connectivity index (χ1v) is 7.96. The fraction of sp³-hybridized carbons (Fsp3) is 1.00. The lowest BCUT2D eigenvalue weighted by Crippen LogP contribution is -2.54. The first-order valence-electron chi connectivity index (χ1n) is 6.14. The van der Waals surface area contributed by atoms with Crippen LogP contribution in [0.2, 0.25) is 0 Å². The van der Waals surface area contributed by atoms with Crippen molar-refractivity contribution in [3.63, 3.8) is 0 Å². The van der Waals surface area contributed by atoms with Crippen LogP contribution in [0.1, 0.15) is 39.5 Å². The molecule has 1 aliphatic rings. The van der Waals surface area contributed by atoms with Crippen molar-refractivity contribution in [1.29, 1.82) is 0 Å². The maximum Gasteiger partial charge on any atom is 0.311 e. The topological polar surface area (TPSA) is 43.4 Å². The largest absolute Gasteiger partial charge is 0.311 e. The van der Waals surface area contributed by atoms with Crippen LogP contribution in [0.3, 0.4) is 0 Å². The molecule has 0 radical (unpaired) electrons. The second kappa shape index (κ2) is 5.47. The molecule has 1 rings (SSSR count). The average molecular weight is 250 g/mol. The van der Waals surface area contributed by atoms with E-state index in [0.29, 0.717) is 10.6 Å². The third-order valence-corrected chi connectivity index (χ3v) is 3.86. The van der Waals surface area contributed by atoms with Crippen LogP contribution in [-0.2, 0) is 14.4 Å². The van der Waals surface area contributed by atoms with Crippen molar-refractivity contribution in [1.82, 2.24) is 0 Å². The van der Waals surface area contributed by atoms with E-state index >= 15 is 0 Å². The van der Waals surface area contributed by atoms with Crippen LogP contribution in [0.4, 0.5) is 0 Å². The Bertz CT molecular complexity index is 300. The number of hydrogen-bond donors (Lipinski definition) is 0. The fourth-order valence-electron chi connectivity index (χ4n) is 2.24. The molecular weight excluding hydrogens is 226 g/mol. The SMILES string of the molecule is CCCC[N+]1(OS(C)(=O)=O)CCC(C)CC1. The van der Waals surface area contributed by atoms with E-state index in [1.807, 2.05) is 0 Å². The summed E-state index contributed by atoms with van der Waals surface area (Å²) in [5.41, 5.74) is 0. The second-order valence-corrected chi connectivity index (χ2v) is 6.60. The normalized spacial score (nSPS) is 31.6. The molecule has 0 aliphatic carbocycles. The Morgan fingerprint density at radius 2 is 1.88 bits per heavy atom. The van der Waals surface area contributed by atoms with Gasteiger partial charge < -0.3 is 0 Å². The number of likely N-dealkylation sites (tertiary alicyclic amines) is 1. The molecule has 4 nitrogen and oxygen atoms in total. The maximum atomic E-state index is 11.3. The van der Waals surface area contributed by atoms with Crippen LogP contribution in [0.25, 0.3) is 0 Å². The van der Waals surface area contributed by atoms with Gasteiger partial charge >= 0.3 is 10.1 Å². The summed E-state index contributed by atoms with van der Waals surface area (Å²) >= 11 is 0. The Balaban J connectivity index is 2.69. The van der Waals surface area contributed by atoms with Crippen molar-refractivity contribution in [2.75, 3.05) is 25.9 Å². The van der Waals surface area contributed by atoms with Crippen molar-refractivity contribution in [2.45, 2.75) is 39.5 Å². The van der Waals surface area contributed by atoms with E-state index in [1.54, 1.807) is 0 Å². The number of rotatable bonds is 5. The van der Waals surface area contributed by atoms with Gasteiger partial charge in [0.1, 0.15) is 19.6 Å². The molecule has 0 atom stereocenters. The van der Waals surface area contributed by atoms with Gasteiger partial charge in [-0.05, 0) is 12.3 Å². The Morgan fingerprint density at radius 3 is 2.31 bits per heavy atom. The third-order valence-electron chi connectivity index (χ3n) is 3.27. The van der Waals surface area contributed by atoms with E-state index < -0.39 is 10.1 Å². The van der Waals surface area contributed by atoms with Gasteiger partial charge in [-0.15, -0.1) is 0 Å². The third kappa shape index (κ3) is 4.39. The van der Waals surface area contributed by atoms with E-state index in [-0.39, 0.29) is 0 Å². The summed E-state index contributed by atoms with van der Waals surface area (Å²) in [5, 5.41) is 0. The molecule has 0 spiro atoms. The second-order valence-electron chi connectivity index (χ2n) is 5.04. The number of hydrogen-bond acceptors (Lipinski definition) is 3.